The molecule has 0 saturated heterocycles. The van der Waals surface area contributed by atoms with Crippen LogP contribution in [0, 0.1) is 0 Å². The average molecular weight is 284 g/mol. The van der Waals surface area contributed by atoms with Gasteiger partial charge < -0.3 is 15.3 Å². The van der Waals surface area contributed by atoms with Gasteiger partial charge in [0.15, 0.2) is 0 Å². The number of benzene rings is 2. The number of hydrogen-bond acceptors (Lipinski definition) is 3. The predicted molar refractivity (Wildman–Crippen MR) is 82.1 cm³/mol. The maximum Gasteiger partial charge on any atom is 0.335 e. The van der Waals surface area contributed by atoms with Gasteiger partial charge in [-0.15, -0.1) is 0 Å². The summed E-state index contributed by atoms with van der Waals surface area (Å²) in [6.45, 7) is 0. The molecule has 21 heavy (non-hydrogen) atoms. The van der Waals surface area contributed by atoms with Crippen molar-refractivity contribution in [3.8, 4) is 0 Å². The molecule has 0 radical (unpaired) electrons. The van der Waals surface area contributed by atoms with Crippen molar-refractivity contribution in [3.05, 3.63) is 59.7 Å². The minimum absolute atomic E-state index is 0.154. The van der Waals surface area contributed by atoms with E-state index in [0.717, 1.165) is 5.69 Å². The van der Waals surface area contributed by atoms with E-state index in [9.17, 15) is 9.59 Å². The summed E-state index contributed by atoms with van der Waals surface area (Å²) in [5.74, 6) is -1.29. The molecule has 1 amide bonds. The third-order valence-electron chi connectivity index (χ3n) is 3.01. The third kappa shape index (κ3) is 3.60. The van der Waals surface area contributed by atoms with Gasteiger partial charge >= 0.3 is 5.97 Å². The standard InChI is InChI=1S/C16H16N2O3/c1-18(2)14-5-3-4-13(10-14)17-15(19)11-6-8-12(9-7-11)16(20)21/h3-10H,1-2H3,(H,17,19)(H,20,21). The van der Waals surface area contributed by atoms with Crippen LogP contribution in [-0.4, -0.2) is 31.1 Å². The maximum absolute atomic E-state index is 12.1. The Hall–Kier alpha value is -2.82. The number of amides is 1. The lowest BCUT2D eigenvalue weighted by molar-refractivity contribution is 0.0696. The fourth-order valence-electron chi connectivity index (χ4n) is 1.83. The van der Waals surface area contributed by atoms with Crippen LogP contribution in [0.1, 0.15) is 20.7 Å². The van der Waals surface area contributed by atoms with E-state index in [1.165, 1.54) is 24.3 Å². The Bertz CT molecular complexity index is 663. The first-order chi connectivity index (χ1) is 9.97. The summed E-state index contributed by atoms with van der Waals surface area (Å²) in [4.78, 5) is 24.8. The molecule has 0 heterocycles. The number of nitrogens with zero attached hydrogens (tertiary/aromatic N) is 1. The molecule has 0 saturated carbocycles. The van der Waals surface area contributed by atoms with Gasteiger partial charge in [-0.05, 0) is 42.5 Å². The Morgan fingerprint density at radius 2 is 1.62 bits per heavy atom. The van der Waals surface area contributed by atoms with Crippen molar-refractivity contribution >= 4 is 23.3 Å². The Morgan fingerprint density at radius 1 is 1.00 bits per heavy atom. The van der Waals surface area contributed by atoms with Gasteiger partial charge in [0.05, 0.1) is 5.56 Å². The molecule has 0 bridgehead atoms. The van der Waals surface area contributed by atoms with Crippen LogP contribution in [0.15, 0.2) is 48.5 Å². The van der Waals surface area contributed by atoms with Crippen LogP contribution in [0.4, 0.5) is 11.4 Å². The summed E-state index contributed by atoms with van der Waals surface area (Å²) in [5.41, 5.74) is 2.24. The fourth-order valence-corrected chi connectivity index (χ4v) is 1.83. The minimum Gasteiger partial charge on any atom is -0.478 e. The maximum atomic E-state index is 12.1. The van der Waals surface area contributed by atoms with Gasteiger partial charge in [-0.3, -0.25) is 4.79 Å². The highest BCUT2D eigenvalue weighted by atomic mass is 16.4. The van der Waals surface area contributed by atoms with Crippen LogP contribution < -0.4 is 10.2 Å². The summed E-state index contributed by atoms with van der Waals surface area (Å²) in [7, 11) is 3.84. The zero-order valence-electron chi connectivity index (χ0n) is 11.8. The number of carbonyl (C=O) groups excluding carboxylic acids is 1. The van der Waals surface area contributed by atoms with Crippen LogP contribution in [-0.2, 0) is 0 Å². The van der Waals surface area contributed by atoms with Gasteiger partial charge in [-0.2, -0.15) is 0 Å². The van der Waals surface area contributed by atoms with Crippen molar-refractivity contribution in [2.45, 2.75) is 0 Å². The molecule has 2 N–H and O–H groups in total. The molecule has 0 spiro atoms. The van der Waals surface area contributed by atoms with Gasteiger partial charge in [0.1, 0.15) is 0 Å². The van der Waals surface area contributed by atoms with Gasteiger partial charge in [0.25, 0.3) is 5.91 Å². The molecular weight excluding hydrogens is 268 g/mol. The second-order valence-corrected chi connectivity index (χ2v) is 4.78. The second-order valence-electron chi connectivity index (χ2n) is 4.78. The molecule has 5 heteroatoms. The summed E-state index contributed by atoms with van der Waals surface area (Å²) in [5, 5.41) is 11.6. The average Bonchev–Trinajstić information content (AvgIpc) is 2.47. The fraction of sp³-hybridized carbons (Fsp3) is 0.125. The highest BCUT2D eigenvalue weighted by molar-refractivity contribution is 6.05. The molecule has 0 aromatic heterocycles. The number of carbonyl (C=O) groups is 2. The van der Waals surface area contributed by atoms with Crippen LogP contribution >= 0.6 is 0 Å². The highest BCUT2D eigenvalue weighted by Gasteiger charge is 2.08. The molecule has 0 aliphatic carbocycles. The number of rotatable bonds is 4. The van der Waals surface area contributed by atoms with E-state index < -0.39 is 5.97 Å². The molecular formula is C16H16N2O3. The molecule has 108 valence electrons. The lowest BCUT2D eigenvalue weighted by atomic mass is 10.1. The van der Waals surface area contributed by atoms with E-state index in [1.807, 2.05) is 37.2 Å². The van der Waals surface area contributed by atoms with E-state index in [1.54, 1.807) is 6.07 Å². The lowest BCUT2D eigenvalue weighted by Crippen LogP contribution is -2.13. The highest BCUT2D eigenvalue weighted by Crippen LogP contribution is 2.18. The number of carboxylic acids is 1. The third-order valence-corrected chi connectivity index (χ3v) is 3.01. The zero-order chi connectivity index (χ0) is 15.4. The van der Waals surface area contributed by atoms with Crippen molar-refractivity contribution in [2.24, 2.45) is 0 Å². The monoisotopic (exact) mass is 284 g/mol. The number of carboxylic acid groups (broad SMARTS) is 1. The molecule has 5 nitrogen and oxygen atoms in total. The molecule has 2 aromatic carbocycles. The number of aromatic carboxylic acids is 1. The predicted octanol–water partition coefficient (Wildman–Crippen LogP) is 2.70. The van der Waals surface area contributed by atoms with Crippen molar-refractivity contribution in [2.75, 3.05) is 24.3 Å². The summed E-state index contributed by atoms with van der Waals surface area (Å²) in [6.07, 6.45) is 0. The van der Waals surface area contributed by atoms with Crippen molar-refractivity contribution < 1.29 is 14.7 Å². The minimum atomic E-state index is -1.01. The molecule has 0 aliphatic heterocycles. The topological polar surface area (TPSA) is 69.6 Å². The van der Waals surface area contributed by atoms with E-state index >= 15 is 0 Å². The van der Waals surface area contributed by atoms with Gasteiger partial charge in [0.2, 0.25) is 0 Å². The first kappa shape index (κ1) is 14.6. The molecule has 0 unspecified atom stereocenters. The first-order valence-corrected chi connectivity index (χ1v) is 6.39. The van der Waals surface area contributed by atoms with E-state index in [-0.39, 0.29) is 11.5 Å². The SMILES string of the molecule is CN(C)c1cccc(NC(=O)c2ccc(C(=O)O)cc2)c1. The number of nitrogens with one attached hydrogen (secondary N) is 1. The zero-order valence-corrected chi connectivity index (χ0v) is 11.8. The summed E-state index contributed by atoms with van der Waals surface area (Å²) < 4.78 is 0. The Balaban J connectivity index is 2.14. The molecule has 2 aromatic rings. The van der Waals surface area contributed by atoms with Crippen LogP contribution in [0.25, 0.3) is 0 Å². The van der Waals surface area contributed by atoms with Gasteiger partial charge in [0, 0.05) is 31.0 Å². The first-order valence-electron chi connectivity index (χ1n) is 6.39. The van der Waals surface area contributed by atoms with Gasteiger partial charge in [-0.25, -0.2) is 4.79 Å². The quantitative estimate of drug-likeness (QED) is 0.905. The van der Waals surface area contributed by atoms with E-state index in [0.29, 0.717) is 11.3 Å². The van der Waals surface area contributed by atoms with Crippen LogP contribution in [0.2, 0.25) is 0 Å². The molecule has 0 fully saturated rings. The second kappa shape index (κ2) is 6.09. The van der Waals surface area contributed by atoms with E-state index in [2.05, 4.69) is 5.32 Å². The molecule has 0 aliphatic rings. The van der Waals surface area contributed by atoms with Crippen LogP contribution in [0.5, 0.6) is 0 Å². The Morgan fingerprint density at radius 3 is 2.19 bits per heavy atom. The number of hydrogen-bond donors (Lipinski definition) is 2. The largest absolute Gasteiger partial charge is 0.478 e. The van der Waals surface area contributed by atoms with Crippen molar-refractivity contribution in [1.82, 2.24) is 0 Å². The van der Waals surface area contributed by atoms with Gasteiger partial charge in [-0.1, -0.05) is 6.07 Å². The summed E-state index contributed by atoms with van der Waals surface area (Å²) >= 11 is 0. The van der Waals surface area contributed by atoms with Crippen molar-refractivity contribution in [1.29, 1.82) is 0 Å². The molecule has 0 atom stereocenters. The smallest absolute Gasteiger partial charge is 0.335 e. The van der Waals surface area contributed by atoms with Crippen LogP contribution in [0.3, 0.4) is 0 Å². The van der Waals surface area contributed by atoms with Crippen molar-refractivity contribution in [3.63, 3.8) is 0 Å². The summed E-state index contributed by atoms with van der Waals surface area (Å²) in [6, 6.07) is 13.3. The van der Waals surface area contributed by atoms with E-state index in [4.69, 9.17) is 5.11 Å². The Labute approximate surface area is 122 Å². The Kier molecular flexibility index (Phi) is 4.23. The normalized spacial score (nSPS) is 10.0. The molecule has 2 rings (SSSR count). The number of anilines is 2. The lowest BCUT2D eigenvalue weighted by Gasteiger charge is -2.14.